The number of hydrogen-bond acceptors (Lipinski definition) is 3. The number of aliphatic imine (C=N–C) groups is 1. The number of carbonyl (C=O) groups is 1. The first-order valence-corrected chi connectivity index (χ1v) is 7.13. The Morgan fingerprint density at radius 2 is 2.10 bits per heavy atom. The van der Waals surface area contributed by atoms with Gasteiger partial charge >= 0.3 is 5.97 Å². The number of esters is 1. The van der Waals surface area contributed by atoms with Crippen molar-refractivity contribution < 1.29 is 18.3 Å². The third kappa shape index (κ3) is 4.34. The molecule has 114 valence electrons. The Morgan fingerprint density at radius 3 is 2.76 bits per heavy atom. The molecule has 2 rings (SSSR count). The first-order valence-electron chi connectivity index (χ1n) is 7.13. The summed E-state index contributed by atoms with van der Waals surface area (Å²) in [5.74, 6) is -4.33. The third-order valence-electron chi connectivity index (χ3n) is 3.53. The summed E-state index contributed by atoms with van der Waals surface area (Å²) in [5.41, 5.74) is 1.52. The van der Waals surface area contributed by atoms with E-state index in [1.807, 2.05) is 30.3 Å². The summed E-state index contributed by atoms with van der Waals surface area (Å²) in [7, 11) is 0. The van der Waals surface area contributed by atoms with Crippen LogP contribution in [0.15, 0.2) is 35.3 Å². The van der Waals surface area contributed by atoms with Crippen LogP contribution in [0.4, 0.5) is 8.78 Å². The van der Waals surface area contributed by atoms with E-state index in [1.54, 1.807) is 6.92 Å². The molecule has 0 spiro atoms. The van der Waals surface area contributed by atoms with Crippen LogP contribution in [-0.2, 0) is 16.1 Å². The number of nitrogens with zero attached hydrogens (tertiary/aromatic N) is 1. The molecule has 1 fully saturated rings. The predicted octanol–water partition coefficient (Wildman–Crippen LogP) is 3.63. The van der Waals surface area contributed by atoms with Crippen LogP contribution in [0.5, 0.6) is 0 Å². The van der Waals surface area contributed by atoms with Crippen LogP contribution in [0, 0.1) is 5.92 Å². The van der Waals surface area contributed by atoms with Gasteiger partial charge in [0.15, 0.2) is 0 Å². The molecule has 21 heavy (non-hydrogen) atoms. The quantitative estimate of drug-likeness (QED) is 0.796. The van der Waals surface area contributed by atoms with Crippen molar-refractivity contribution in [3.8, 4) is 0 Å². The van der Waals surface area contributed by atoms with E-state index >= 15 is 0 Å². The second kappa shape index (κ2) is 6.78. The molecule has 1 unspecified atom stereocenters. The smallest absolute Gasteiger partial charge is 0.314 e. The molecule has 1 saturated carbocycles. The van der Waals surface area contributed by atoms with Crippen molar-refractivity contribution in [1.29, 1.82) is 0 Å². The molecular weight excluding hydrogens is 276 g/mol. The predicted molar refractivity (Wildman–Crippen MR) is 76.5 cm³/mol. The van der Waals surface area contributed by atoms with E-state index in [9.17, 15) is 13.6 Å². The lowest BCUT2D eigenvalue weighted by molar-refractivity contribution is -0.149. The highest BCUT2D eigenvalue weighted by Crippen LogP contribution is 2.36. The molecule has 5 heteroatoms. The van der Waals surface area contributed by atoms with Crippen LogP contribution in [0.1, 0.15) is 31.7 Å². The number of halogens is 2. The van der Waals surface area contributed by atoms with Gasteiger partial charge in [-0.25, -0.2) is 8.78 Å². The number of alkyl halides is 2. The molecule has 0 N–H and O–H groups in total. The monoisotopic (exact) mass is 295 g/mol. The fourth-order valence-corrected chi connectivity index (χ4v) is 2.43. The third-order valence-corrected chi connectivity index (χ3v) is 3.53. The molecule has 0 saturated heterocycles. The Labute approximate surface area is 123 Å². The number of rotatable bonds is 4. The van der Waals surface area contributed by atoms with E-state index in [0.29, 0.717) is 12.3 Å². The van der Waals surface area contributed by atoms with Crippen LogP contribution >= 0.6 is 0 Å². The molecule has 0 heterocycles. The second-order valence-corrected chi connectivity index (χ2v) is 5.16. The van der Waals surface area contributed by atoms with E-state index < -0.39 is 24.2 Å². The Bertz CT molecular complexity index is 514. The van der Waals surface area contributed by atoms with E-state index in [1.165, 1.54) is 0 Å². The molecule has 0 amide bonds. The Morgan fingerprint density at radius 1 is 1.38 bits per heavy atom. The van der Waals surface area contributed by atoms with Crippen LogP contribution in [-0.4, -0.2) is 24.2 Å². The van der Waals surface area contributed by atoms with E-state index in [-0.39, 0.29) is 19.4 Å². The van der Waals surface area contributed by atoms with Crippen molar-refractivity contribution in [1.82, 2.24) is 0 Å². The SMILES string of the molecule is CCOC(=O)C1CC(F)(F)CCC1=NCc1ccccc1. The summed E-state index contributed by atoms with van der Waals surface area (Å²) >= 11 is 0. The van der Waals surface area contributed by atoms with Crippen LogP contribution in [0.25, 0.3) is 0 Å². The minimum absolute atomic E-state index is 0.142. The van der Waals surface area contributed by atoms with Gasteiger partial charge < -0.3 is 4.74 Å². The topological polar surface area (TPSA) is 38.7 Å². The second-order valence-electron chi connectivity index (χ2n) is 5.16. The number of hydrogen-bond donors (Lipinski definition) is 0. The Kier molecular flexibility index (Phi) is 5.04. The standard InChI is InChI=1S/C16H19F2NO2/c1-2-21-15(20)13-10-16(17,18)9-8-14(13)19-11-12-6-4-3-5-7-12/h3-7,13H,2,8-11H2,1H3. The van der Waals surface area contributed by atoms with Crippen molar-refractivity contribution in [3.05, 3.63) is 35.9 Å². The van der Waals surface area contributed by atoms with E-state index in [0.717, 1.165) is 5.56 Å². The summed E-state index contributed by atoms with van der Waals surface area (Å²) in [6.45, 7) is 2.25. The Hall–Kier alpha value is -1.78. The zero-order valence-electron chi connectivity index (χ0n) is 12.0. The molecule has 3 nitrogen and oxygen atoms in total. The average molecular weight is 295 g/mol. The van der Waals surface area contributed by atoms with Crippen LogP contribution in [0.3, 0.4) is 0 Å². The highest BCUT2D eigenvalue weighted by atomic mass is 19.3. The average Bonchev–Trinajstić information content (AvgIpc) is 2.46. The maximum absolute atomic E-state index is 13.5. The van der Waals surface area contributed by atoms with E-state index in [4.69, 9.17) is 4.74 Å². The highest BCUT2D eigenvalue weighted by Gasteiger charge is 2.43. The molecule has 1 aliphatic carbocycles. The van der Waals surface area contributed by atoms with Crippen molar-refractivity contribution in [2.24, 2.45) is 10.9 Å². The summed E-state index contributed by atoms with van der Waals surface area (Å²) in [5, 5.41) is 0. The number of carbonyl (C=O) groups excluding carboxylic acids is 1. The summed E-state index contributed by atoms with van der Waals surface area (Å²) in [6, 6.07) is 9.53. The molecule has 1 aromatic rings. The van der Waals surface area contributed by atoms with Gasteiger partial charge in [0.2, 0.25) is 5.92 Å². The fraction of sp³-hybridized carbons (Fsp3) is 0.500. The zero-order chi connectivity index (χ0) is 15.3. The van der Waals surface area contributed by atoms with Gasteiger partial charge in [0.1, 0.15) is 5.92 Å². The first kappa shape index (κ1) is 15.6. The van der Waals surface area contributed by atoms with Crippen molar-refractivity contribution >= 4 is 11.7 Å². The summed E-state index contributed by atoms with van der Waals surface area (Å²) in [6.07, 6.45) is -0.612. The molecule has 0 radical (unpaired) electrons. The van der Waals surface area contributed by atoms with Gasteiger partial charge in [-0.05, 0) is 18.9 Å². The zero-order valence-corrected chi connectivity index (χ0v) is 12.0. The fourth-order valence-electron chi connectivity index (χ4n) is 2.43. The minimum atomic E-state index is -2.82. The van der Waals surface area contributed by atoms with Gasteiger partial charge in [-0.15, -0.1) is 0 Å². The van der Waals surface area contributed by atoms with Crippen molar-refractivity contribution in [2.75, 3.05) is 6.61 Å². The van der Waals surface area contributed by atoms with Gasteiger partial charge in [-0.2, -0.15) is 0 Å². The summed E-state index contributed by atoms with van der Waals surface area (Å²) < 4.78 is 32.0. The Balaban J connectivity index is 2.13. The summed E-state index contributed by atoms with van der Waals surface area (Å²) in [4.78, 5) is 16.3. The van der Waals surface area contributed by atoms with Crippen LogP contribution in [0.2, 0.25) is 0 Å². The van der Waals surface area contributed by atoms with Gasteiger partial charge in [0, 0.05) is 18.6 Å². The molecule has 0 aromatic heterocycles. The normalized spacial score (nSPS) is 23.0. The molecule has 1 aliphatic rings. The van der Waals surface area contributed by atoms with Crippen molar-refractivity contribution in [2.45, 2.75) is 38.7 Å². The van der Waals surface area contributed by atoms with E-state index in [2.05, 4.69) is 4.99 Å². The van der Waals surface area contributed by atoms with Gasteiger partial charge in [-0.3, -0.25) is 9.79 Å². The number of benzene rings is 1. The molecule has 0 bridgehead atoms. The molecule has 1 atom stereocenters. The molecular formula is C16H19F2NO2. The number of ether oxygens (including phenoxy) is 1. The lowest BCUT2D eigenvalue weighted by atomic mass is 9.84. The highest BCUT2D eigenvalue weighted by molar-refractivity contribution is 6.02. The largest absolute Gasteiger partial charge is 0.465 e. The van der Waals surface area contributed by atoms with Gasteiger partial charge in [-0.1, -0.05) is 30.3 Å². The van der Waals surface area contributed by atoms with Gasteiger partial charge in [0.05, 0.1) is 13.2 Å². The minimum Gasteiger partial charge on any atom is -0.465 e. The lowest BCUT2D eigenvalue weighted by Gasteiger charge is -2.29. The maximum atomic E-state index is 13.5. The van der Waals surface area contributed by atoms with Crippen molar-refractivity contribution in [3.63, 3.8) is 0 Å². The molecule has 1 aromatic carbocycles. The molecule has 0 aliphatic heterocycles. The lowest BCUT2D eigenvalue weighted by Crippen LogP contribution is -2.38. The maximum Gasteiger partial charge on any atom is 0.314 e. The first-order chi connectivity index (χ1) is 10.0. The van der Waals surface area contributed by atoms with Gasteiger partial charge in [0.25, 0.3) is 0 Å². The van der Waals surface area contributed by atoms with Crippen LogP contribution < -0.4 is 0 Å².